The smallest absolute Gasteiger partial charge is 0.276 e. The Morgan fingerprint density at radius 1 is 1.18 bits per heavy atom. The van der Waals surface area contributed by atoms with Crippen LogP contribution < -0.4 is 0 Å². The molecule has 9 heteroatoms. The molecule has 0 atom stereocenters. The molecule has 0 saturated carbocycles. The van der Waals surface area contributed by atoms with E-state index in [4.69, 9.17) is 0 Å². The number of aryl methyl sites for hydroxylation is 1. The third-order valence-electron chi connectivity index (χ3n) is 5.11. The minimum absolute atomic E-state index is 0.103. The number of carbonyl (C=O) groups is 2. The summed E-state index contributed by atoms with van der Waals surface area (Å²) in [6.45, 7) is 13.0. The van der Waals surface area contributed by atoms with E-state index in [-0.39, 0.29) is 11.8 Å². The van der Waals surface area contributed by atoms with Gasteiger partial charge in [0.15, 0.2) is 5.69 Å². The monoisotopic (exact) mass is 387 g/mol. The Morgan fingerprint density at radius 3 is 2.39 bits per heavy atom. The molecular formula is C19H29N7O2. The third-order valence-corrected chi connectivity index (χ3v) is 5.11. The van der Waals surface area contributed by atoms with E-state index in [0.29, 0.717) is 31.0 Å². The second-order valence-electron chi connectivity index (χ2n) is 9.05. The Hall–Kier alpha value is -2.71. The van der Waals surface area contributed by atoms with Crippen molar-refractivity contribution in [2.75, 3.05) is 19.6 Å². The number of piperazine rings is 1. The van der Waals surface area contributed by atoms with Crippen LogP contribution >= 0.6 is 0 Å². The van der Waals surface area contributed by atoms with Crippen molar-refractivity contribution in [1.29, 1.82) is 0 Å². The van der Waals surface area contributed by atoms with Crippen LogP contribution in [0.25, 0.3) is 5.69 Å². The van der Waals surface area contributed by atoms with Crippen LogP contribution in [0.5, 0.6) is 0 Å². The quantitative estimate of drug-likeness (QED) is 0.777. The summed E-state index contributed by atoms with van der Waals surface area (Å²) in [5.74, 6) is -0.0631. The van der Waals surface area contributed by atoms with Gasteiger partial charge in [0.05, 0.1) is 23.6 Å². The van der Waals surface area contributed by atoms with Crippen molar-refractivity contribution in [3.8, 4) is 5.69 Å². The van der Waals surface area contributed by atoms with Gasteiger partial charge in [-0.1, -0.05) is 26.0 Å². The Labute approximate surface area is 165 Å². The van der Waals surface area contributed by atoms with Gasteiger partial charge in [0, 0.05) is 32.1 Å². The first-order valence-electron chi connectivity index (χ1n) is 9.44. The fourth-order valence-electron chi connectivity index (χ4n) is 3.60. The topological polar surface area (TPSA) is 89.2 Å². The molecule has 1 aliphatic heterocycles. The molecule has 2 aromatic heterocycles. The molecule has 1 saturated heterocycles. The Kier molecular flexibility index (Phi) is 4.81. The van der Waals surface area contributed by atoms with Crippen LogP contribution in [0.3, 0.4) is 0 Å². The molecule has 1 aliphatic rings. The van der Waals surface area contributed by atoms with Gasteiger partial charge in [-0.15, -0.1) is 5.10 Å². The van der Waals surface area contributed by atoms with Crippen molar-refractivity contribution in [1.82, 2.24) is 34.6 Å². The maximum absolute atomic E-state index is 13.2. The lowest BCUT2D eigenvalue weighted by Gasteiger charge is -2.48. The maximum Gasteiger partial charge on any atom is 0.276 e. The van der Waals surface area contributed by atoms with E-state index in [1.54, 1.807) is 20.5 Å². The Bertz CT molecular complexity index is 904. The molecule has 3 heterocycles. The summed E-state index contributed by atoms with van der Waals surface area (Å²) < 4.78 is 3.29. The number of hydrogen-bond acceptors (Lipinski definition) is 5. The van der Waals surface area contributed by atoms with Gasteiger partial charge in [-0.2, -0.15) is 5.10 Å². The molecule has 1 fully saturated rings. The van der Waals surface area contributed by atoms with E-state index in [9.17, 15) is 9.59 Å². The normalized spacial score (nSPS) is 17.1. The van der Waals surface area contributed by atoms with Crippen molar-refractivity contribution >= 4 is 11.8 Å². The van der Waals surface area contributed by atoms with E-state index >= 15 is 0 Å². The summed E-state index contributed by atoms with van der Waals surface area (Å²) in [4.78, 5) is 29.6. The summed E-state index contributed by atoms with van der Waals surface area (Å²) in [5.41, 5.74) is 0.812. The van der Waals surface area contributed by atoms with Crippen LogP contribution in [0, 0.1) is 12.3 Å². The molecule has 0 radical (unpaired) electrons. The van der Waals surface area contributed by atoms with Crippen molar-refractivity contribution in [3.05, 3.63) is 23.8 Å². The minimum Gasteiger partial charge on any atom is -0.338 e. The van der Waals surface area contributed by atoms with Crippen molar-refractivity contribution < 1.29 is 9.59 Å². The number of aromatic nitrogens is 5. The lowest BCUT2D eigenvalue weighted by atomic mass is 9.91. The van der Waals surface area contributed by atoms with Crippen molar-refractivity contribution in [2.45, 2.75) is 47.1 Å². The van der Waals surface area contributed by atoms with E-state index in [2.05, 4.69) is 15.4 Å². The summed E-state index contributed by atoms with van der Waals surface area (Å²) in [6.07, 6.45) is 3.49. The summed E-state index contributed by atoms with van der Waals surface area (Å²) in [7, 11) is 1.82. The van der Waals surface area contributed by atoms with Gasteiger partial charge >= 0.3 is 0 Å². The van der Waals surface area contributed by atoms with Gasteiger partial charge in [0.2, 0.25) is 5.91 Å². The second-order valence-corrected chi connectivity index (χ2v) is 9.05. The number of rotatable bonds is 2. The Morgan fingerprint density at radius 2 is 1.86 bits per heavy atom. The summed E-state index contributed by atoms with van der Waals surface area (Å²) in [5, 5.41) is 12.4. The zero-order valence-corrected chi connectivity index (χ0v) is 17.7. The number of nitrogens with zero attached hydrogens (tertiary/aromatic N) is 7. The van der Waals surface area contributed by atoms with Crippen molar-refractivity contribution in [3.63, 3.8) is 0 Å². The van der Waals surface area contributed by atoms with Gasteiger partial charge in [-0.25, -0.2) is 4.68 Å². The zero-order chi connectivity index (χ0) is 20.9. The van der Waals surface area contributed by atoms with Crippen LogP contribution in [0.15, 0.2) is 12.4 Å². The van der Waals surface area contributed by atoms with Crippen molar-refractivity contribution in [2.24, 2.45) is 12.5 Å². The van der Waals surface area contributed by atoms with E-state index < -0.39 is 11.0 Å². The largest absolute Gasteiger partial charge is 0.338 e. The standard InChI is InChI=1S/C19H29N7O2/c1-13-15(21-22-26(13)14-10-20-23(7)11-14)16(27)25-9-8-24(12-19(25,5)6)17(28)18(2,3)4/h10-11H,8-9,12H2,1-7H3. The lowest BCUT2D eigenvalue weighted by Crippen LogP contribution is -2.63. The van der Waals surface area contributed by atoms with Gasteiger partial charge in [0.1, 0.15) is 5.69 Å². The Balaban J connectivity index is 1.82. The third kappa shape index (κ3) is 3.53. The first kappa shape index (κ1) is 20.0. The average molecular weight is 387 g/mol. The number of carbonyl (C=O) groups excluding carboxylic acids is 2. The van der Waals surface area contributed by atoms with E-state index in [1.807, 2.05) is 59.7 Å². The van der Waals surface area contributed by atoms with Crippen LogP contribution in [-0.4, -0.2) is 71.6 Å². The maximum atomic E-state index is 13.2. The van der Waals surface area contributed by atoms with Gasteiger partial charge in [0.25, 0.3) is 5.91 Å². The van der Waals surface area contributed by atoms with Gasteiger partial charge in [-0.05, 0) is 20.8 Å². The predicted octanol–water partition coefficient (Wildman–Crippen LogP) is 1.42. The second kappa shape index (κ2) is 6.72. The van der Waals surface area contributed by atoms with Gasteiger partial charge in [-0.3, -0.25) is 14.3 Å². The minimum atomic E-state index is -0.499. The molecule has 3 rings (SSSR count). The molecule has 0 spiro atoms. The molecule has 2 aromatic rings. The number of hydrogen-bond donors (Lipinski definition) is 0. The highest BCUT2D eigenvalue weighted by atomic mass is 16.2. The van der Waals surface area contributed by atoms with Crippen LogP contribution in [-0.2, 0) is 11.8 Å². The highest BCUT2D eigenvalue weighted by Gasteiger charge is 2.41. The first-order valence-corrected chi connectivity index (χ1v) is 9.44. The first-order chi connectivity index (χ1) is 12.9. The summed E-state index contributed by atoms with van der Waals surface area (Å²) in [6, 6.07) is 0. The summed E-state index contributed by atoms with van der Waals surface area (Å²) >= 11 is 0. The molecule has 0 aliphatic carbocycles. The SMILES string of the molecule is Cc1c(C(=O)N2CCN(C(=O)C(C)(C)C)CC2(C)C)nnn1-c1cnn(C)c1. The molecule has 152 valence electrons. The number of amides is 2. The van der Waals surface area contributed by atoms with Crippen LogP contribution in [0.1, 0.15) is 50.8 Å². The van der Waals surface area contributed by atoms with Gasteiger partial charge < -0.3 is 9.80 Å². The molecule has 2 amide bonds. The van der Waals surface area contributed by atoms with E-state index in [0.717, 1.165) is 5.69 Å². The average Bonchev–Trinajstić information content (AvgIpc) is 3.17. The van der Waals surface area contributed by atoms with E-state index in [1.165, 1.54) is 0 Å². The zero-order valence-electron chi connectivity index (χ0n) is 17.7. The highest BCUT2D eigenvalue weighted by Crippen LogP contribution is 2.27. The molecule has 0 unspecified atom stereocenters. The van der Waals surface area contributed by atoms with Crippen LogP contribution in [0.2, 0.25) is 0 Å². The molecular weight excluding hydrogens is 358 g/mol. The molecule has 9 nitrogen and oxygen atoms in total. The van der Waals surface area contributed by atoms with Crippen LogP contribution in [0.4, 0.5) is 0 Å². The lowest BCUT2D eigenvalue weighted by molar-refractivity contribution is -0.143. The molecule has 0 bridgehead atoms. The molecule has 0 aromatic carbocycles. The molecule has 0 N–H and O–H groups in total. The molecule has 28 heavy (non-hydrogen) atoms. The highest BCUT2D eigenvalue weighted by molar-refractivity contribution is 5.94. The fraction of sp³-hybridized carbons (Fsp3) is 0.632. The predicted molar refractivity (Wildman–Crippen MR) is 104 cm³/mol. The fourth-order valence-corrected chi connectivity index (χ4v) is 3.60.